The summed E-state index contributed by atoms with van der Waals surface area (Å²) in [6.45, 7) is 2.39. The van der Waals surface area contributed by atoms with E-state index < -0.39 is 5.91 Å². The van der Waals surface area contributed by atoms with E-state index in [4.69, 9.17) is 5.73 Å². The van der Waals surface area contributed by atoms with E-state index in [0.29, 0.717) is 37.6 Å². The molecule has 1 aromatic carbocycles. The lowest BCUT2D eigenvalue weighted by Gasteiger charge is -2.36. The summed E-state index contributed by atoms with van der Waals surface area (Å²) in [5.41, 5.74) is 6.58. The first kappa shape index (κ1) is 17.3. The molecule has 1 saturated heterocycles. The fourth-order valence-corrected chi connectivity index (χ4v) is 3.54. The molecule has 0 spiro atoms. The number of hydrogen-bond acceptors (Lipinski definition) is 5. The zero-order chi connectivity index (χ0) is 17.8. The second-order valence-electron chi connectivity index (χ2n) is 5.72. The molecule has 0 aliphatic carbocycles. The van der Waals surface area contributed by atoms with Crippen molar-refractivity contribution in [2.24, 2.45) is 5.73 Å². The third-order valence-corrected chi connectivity index (χ3v) is 5.05. The molecule has 0 bridgehead atoms. The van der Waals surface area contributed by atoms with E-state index in [1.165, 1.54) is 0 Å². The van der Waals surface area contributed by atoms with Crippen molar-refractivity contribution >= 4 is 29.4 Å². The van der Waals surface area contributed by atoms with Gasteiger partial charge in [0.05, 0.1) is 11.1 Å². The number of pyridine rings is 1. The molecule has 0 saturated carbocycles. The molecule has 7 heteroatoms. The smallest absolute Gasteiger partial charge is 0.255 e. The van der Waals surface area contributed by atoms with Gasteiger partial charge in [-0.3, -0.25) is 9.59 Å². The molecule has 130 valence electrons. The summed E-state index contributed by atoms with van der Waals surface area (Å²) in [5.74, 6) is 0.142. The highest BCUT2D eigenvalue weighted by molar-refractivity contribution is 7.98. The number of thioether (sulfide) groups is 1. The van der Waals surface area contributed by atoms with Crippen LogP contribution in [0.25, 0.3) is 0 Å². The van der Waals surface area contributed by atoms with Gasteiger partial charge in [0.15, 0.2) is 0 Å². The van der Waals surface area contributed by atoms with Crippen LogP contribution in [-0.4, -0.2) is 54.1 Å². The first-order valence-electron chi connectivity index (χ1n) is 8.04. The number of primary amides is 1. The van der Waals surface area contributed by atoms with E-state index in [2.05, 4.69) is 4.98 Å². The predicted octanol–water partition coefficient (Wildman–Crippen LogP) is 1.86. The molecule has 1 fully saturated rings. The van der Waals surface area contributed by atoms with Crippen molar-refractivity contribution in [2.75, 3.05) is 37.3 Å². The molecular formula is C18H20N4O2S. The zero-order valence-electron chi connectivity index (χ0n) is 14.0. The first-order chi connectivity index (χ1) is 12.1. The minimum atomic E-state index is -0.490. The number of aromatic nitrogens is 1. The van der Waals surface area contributed by atoms with Gasteiger partial charge in [-0.2, -0.15) is 0 Å². The molecule has 2 amide bonds. The number of carbonyl (C=O) groups excluding carboxylic acids is 2. The van der Waals surface area contributed by atoms with Crippen LogP contribution in [0.1, 0.15) is 20.7 Å². The van der Waals surface area contributed by atoms with Gasteiger partial charge in [0.25, 0.3) is 11.8 Å². The Morgan fingerprint density at radius 1 is 1.04 bits per heavy atom. The Balaban J connectivity index is 1.72. The van der Waals surface area contributed by atoms with Crippen LogP contribution in [0.2, 0.25) is 0 Å². The number of piperazine rings is 1. The van der Waals surface area contributed by atoms with Gasteiger partial charge in [-0.05, 0) is 30.5 Å². The molecular weight excluding hydrogens is 336 g/mol. The average Bonchev–Trinajstić information content (AvgIpc) is 2.67. The largest absolute Gasteiger partial charge is 0.365 e. The van der Waals surface area contributed by atoms with Crippen molar-refractivity contribution in [3.05, 3.63) is 53.7 Å². The van der Waals surface area contributed by atoms with E-state index in [0.717, 1.165) is 10.5 Å². The van der Waals surface area contributed by atoms with Gasteiger partial charge in [-0.15, -0.1) is 11.8 Å². The van der Waals surface area contributed by atoms with Gasteiger partial charge in [0.2, 0.25) is 0 Å². The fourth-order valence-electron chi connectivity index (χ4n) is 2.95. The maximum atomic E-state index is 12.8. The molecule has 3 rings (SSSR count). The summed E-state index contributed by atoms with van der Waals surface area (Å²) in [7, 11) is 0. The summed E-state index contributed by atoms with van der Waals surface area (Å²) in [6.07, 6.45) is 3.62. The average molecular weight is 356 g/mol. The zero-order valence-corrected chi connectivity index (χ0v) is 14.8. The Bertz CT molecular complexity index is 788. The molecule has 2 aromatic rings. The monoisotopic (exact) mass is 356 g/mol. The fraction of sp³-hybridized carbons (Fsp3) is 0.278. The van der Waals surface area contributed by atoms with E-state index in [-0.39, 0.29) is 5.91 Å². The van der Waals surface area contributed by atoms with Gasteiger partial charge in [-0.1, -0.05) is 12.1 Å². The van der Waals surface area contributed by atoms with Gasteiger partial charge < -0.3 is 15.5 Å². The molecule has 6 nitrogen and oxygen atoms in total. The Labute approximate surface area is 151 Å². The van der Waals surface area contributed by atoms with Gasteiger partial charge >= 0.3 is 0 Å². The summed E-state index contributed by atoms with van der Waals surface area (Å²) in [5, 5.41) is 0. The first-order valence-corrected chi connectivity index (χ1v) is 9.26. The van der Waals surface area contributed by atoms with Crippen LogP contribution < -0.4 is 10.6 Å². The number of carbonyl (C=O) groups is 2. The second kappa shape index (κ2) is 7.57. The number of amides is 2. The molecule has 2 N–H and O–H groups in total. The molecule has 25 heavy (non-hydrogen) atoms. The van der Waals surface area contributed by atoms with Crippen molar-refractivity contribution in [2.45, 2.75) is 4.90 Å². The van der Waals surface area contributed by atoms with Crippen LogP contribution in [0, 0.1) is 0 Å². The van der Waals surface area contributed by atoms with Crippen LogP contribution in [0.5, 0.6) is 0 Å². The quantitative estimate of drug-likeness (QED) is 0.846. The number of nitrogens with zero attached hydrogens (tertiary/aromatic N) is 3. The normalized spacial score (nSPS) is 14.4. The molecule has 0 unspecified atom stereocenters. The number of hydrogen-bond donors (Lipinski definition) is 1. The van der Waals surface area contributed by atoms with Crippen LogP contribution in [-0.2, 0) is 0 Å². The highest BCUT2D eigenvalue weighted by Gasteiger charge is 2.25. The summed E-state index contributed by atoms with van der Waals surface area (Å²) in [6, 6.07) is 11.0. The lowest BCUT2D eigenvalue weighted by atomic mass is 10.1. The van der Waals surface area contributed by atoms with Crippen molar-refractivity contribution in [1.29, 1.82) is 0 Å². The van der Waals surface area contributed by atoms with Crippen LogP contribution >= 0.6 is 11.8 Å². The summed E-state index contributed by atoms with van der Waals surface area (Å²) >= 11 is 1.57. The minimum Gasteiger partial charge on any atom is -0.365 e. The Morgan fingerprint density at radius 2 is 1.72 bits per heavy atom. The third-order valence-electron chi connectivity index (χ3n) is 4.26. The van der Waals surface area contributed by atoms with Crippen molar-refractivity contribution in [3.8, 4) is 0 Å². The summed E-state index contributed by atoms with van der Waals surface area (Å²) < 4.78 is 0. The van der Waals surface area contributed by atoms with Gasteiger partial charge in [0.1, 0.15) is 5.82 Å². The highest BCUT2D eigenvalue weighted by atomic mass is 32.2. The van der Waals surface area contributed by atoms with Crippen LogP contribution in [0.15, 0.2) is 47.5 Å². The van der Waals surface area contributed by atoms with E-state index in [9.17, 15) is 9.59 Å². The molecule has 1 aliphatic rings. The standard InChI is InChI=1S/C18H20N4O2S/c1-25-15-7-3-2-5-13(15)18(24)22-11-9-21(10-12-22)17-14(16(19)23)6-4-8-20-17/h2-8H,9-12H2,1H3,(H2,19,23). The predicted molar refractivity (Wildman–Crippen MR) is 99.1 cm³/mol. The molecule has 1 aromatic heterocycles. The topological polar surface area (TPSA) is 79.5 Å². The molecule has 1 aliphatic heterocycles. The van der Waals surface area contributed by atoms with Crippen molar-refractivity contribution < 1.29 is 9.59 Å². The van der Waals surface area contributed by atoms with Crippen molar-refractivity contribution in [1.82, 2.24) is 9.88 Å². The van der Waals surface area contributed by atoms with E-state index in [1.54, 1.807) is 30.1 Å². The Hall–Kier alpha value is -2.54. The number of benzene rings is 1. The Kier molecular flexibility index (Phi) is 5.23. The van der Waals surface area contributed by atoms with Crippen LogP contribution in [0.3, 0.4) is 0 Å². The maximum Gasteiger partial charge on any atom is 0.255 e. The maximum absolute atomic E-state index is 12.8. The van der Waals surface area contributed by atoms with Gasteiger partial charge in [-0.25, -0.2) is 4.98 Å². The number of nitrogens with two attached hydrogens (primary N) is 1. The van der Waals surface area contributed by atoms with E-state index >= 15 is 0 Å². The van der Waals surface area contributed by atoms with Gasteiger partial charge in [0, 0.05) is 37.3 Å². The highest BCUT2D eigenvalue weighted by Crippen LogP contribution is 2.23. The number of rotatable bonds is 4. The molecule has 0 radical (unpaired) electrons. The summed E-state index contributed by atoms with van der Waals surface area (Å²) in [4.78, 5) is 33.5. The second-order valence-corrected chi connectivity index (χ2v) is 6.57. The minimum absolute atomic E-state index is 0.0424. The lowest BCUT2D eigenvalue weighted by molar-refractivity contribution is 0.0742. The SMILES string of the molecule is CSc1ccccc1C(=O)N1CCN(c2ncccc2C(N)=O)CC1. The lowest BCUT2D eigenvalue weighted by Crippen LogP contribution is -2.49. The van der Waals surface area contributed by atoms with Crippen molar-refractivity contribution in [3.63, 3.8) is 0 Å². The molecule has 0 atom stereocenters. The van der Waals surface area contributed by atoms with Crippen LogP contribution in [0.4, 0.5) is 5.82 Å². The van der Waals surface area contributed by atoms with E-state index in [1.807, 2.05) is 40.3 Å². The third kappa shape index (κ3) is 3.61. The molecule has 2 heterocycles. The number of anilines is 1. The Morgan fingerprint density at radius 3 is 2.40 bits per heavy atom.